The molecule has 0 radical (unpaired) electrons. The van der Waals surface area contributed by atoms with Gasteiger partial charge in [-0.2, -0.15) is 0 Å². The summed E-state index contributed by atoms with van der Waals surface area (Å²) in [6.45, 7) is 2.86. The summed E-state index contributed by atoms with van der Waals surface area (Å²) in [7, 11) is 0. The van der Waals surface area contributed by atoms with Crippen LogP contribution in [0, 0.1) is 0 Å². The van der Waals surface area contributed by atoms with Gasteiger partial charge in [0.15, 0.2) is 11.5 Å². The second kappa shape index (κ2) is 9.73. The van der Waals surface area contributed by atoms with Gasteiger partial charge in [-0.05, 0) is 35.7 Å². The van der Waals surface area contributed by atoms with E-state index in [1.165, 1.54) is 0 Å². The van der Waals surface area contributed by atoms with Crippen LogP contribution in [0.2, 0.25) is 0 Å². The lowest BCUT2D eigenvalue weighted by Crippen LogP contribution is -2.44. The number of carbonyl (C=O) groups is 3. The Balaban J connectivity index is 1.36. The van der Waals surface area contributed by atoms with Gasteiger partial charge in [0.1, 0.15) is 25.3 Å². The minimum atomic E-state index is -1.32. The summed E-state index contributed by atoms with van der Waals surface area (Å²) in [4.78, 5) is 42.5. The fourth-order valence-corrected chi connectivity index (χ4v) is 4.47. The van der Waals surface area contributed by atoms with Crippen LogP contribution in [0.25, 0.3) is 0 Å². The molecular weight excluding hydrogens is 458 g/mol. The summed E-state index contributed by atoms with van der Waals surface area (Å²) in [5.74, 6) is 0.304. The first kappa shape index (κ1) is 23.4. The molecule has 0 aliphatic carbocycles. The Hall–Kier alpha value is -4.33. The summed E-state index contributed by atoms with van der Waals surface area (Å²) in [5, 5.41) is 2.77. The third-order valence-electron chi connectivity index (χ3n) is 6.47. The number of urea groups is 1. The van der Waals surface area contributed by atoms with E-state index in [1.54, 1.807) is 30.0 Å². The van der Waals surface area contributed by atoms with Crippen molar-refractivity contribution >= 4 is 17.8 Å². The Bertz CT molecular complexity index is 1240. The number of nitrogens with one attached hydrogen (secondary N) is 1. The van der Waals surface area contributed by atoms with Crippen molar-refractivity contribution in [1.82, 2.24) is 15.1 Å². The van der Waals surface area contributed by atoms with Gasteiger partial charge in [0.05, 0.1) is 0 Å². The van der Waals surface area contributed by atoms with Crippen LogP contribution < -0.4 is 14.8 Å². The maximum absolute atomic E-state index is 13.5. The minimum Gasteiger partial charge on any atom is -0.486 e. The standard InChI is InChI=1S/C28H27N3O5/c1-28(22-12-13-23-24(16-22)36-15-14-35-23)26(33)31(27(34)29-28)19-25(32)30(17-20-8-4-2-5-9-20)18-21-10-6-3-7-11-21/h2-13,16H,14-15,17-19H2,1H3,(H,29,34)/t28-/m0/s1. The van der Waals surface area contributed by atoms with Gasteiger partial charge in [0.2, 0.25) is 5.91 Å². The maximum atomic E-state index is 13.5. The lowest BCUT2D eigenvalue weighted by molar-refractivity contribution is -0.139. The zero-order valence-electron chi connectivity index (χ0n) is 20.0. The van der Waals surface area contributed by atoms with E-state index >= 15 is 0 Å². The molecule has 3 aromatic carbocycles. The van der Waals surface area contributed by atoms with E-state index in [1.807, 2.05) is 60.7 Å². The van der Waals surface area contributed by atoms with Crippen LogP contribution >= 0.6 is 0 Å². The van der Waals surface area contributed by atoms with Crippen molar-refractivity contribution in [2.75, 3.05) is 19.8 Å². The van der Waals surface area contributed by atoms with Gasteiger partial charge in [-0.3, -0.25) is 14.5 Å². The van der Waals surface area contributed by atoms with E-state index in [0.29, 0.717) is 43.4 Å². The van der Waals surface area contributed by atoms with Gasteiger partial charge < -0.3 is 19.7 Å². The van der Waals surface area contributed by atoms with Crippen molar-refractivity contribution in [3.63, 3.8) is 0 Å². The summed E-state index contributed by atoms with van der Waals surface area (Å²) in [5.41, 5.74) is 1.15. The van der Waals surface area contributed by atoms with Crippen LogP contribution in [0.3, 0.4) is 0 Å². The second-order valence-electron chi connectivity index (χ2n) is 9.03. The summed E-state index contributed by atoms with van der Waals surface area (Å²) >= 11 is 0. The second-order valence-corrected chi connectivity index (χ2v) is 9.03. The van der Waals surface area contributed by atoms with Crippen LogP contribution in [0.1, 0.15) is 23.6 Å². The predicted octanol–water partition coefficient (Wildman–Crippen LogP) is 3.45. The van der Waals surface area contributed by atoms with Gasteiger partial charge in [0.25, 0.3) is 5.91 Å². The zero-order chi connectivity index (χ0) is 25.1. The highest BCUT2D eigenvalue weighted by molar-refractivity contribution is 6.09. The molecule has 1 atom stereocenters. The predicted molar refractivity (Wildman–Crippen MR) is 132 cm³/mol. The quantitative estimate of drug-likeness (QED) is 0.518. The Morgan fingerprint density at radius 2 is 1.47 bits per heavy atom. The molecule has 1 fully saturated rings. The summed E-state index contributed by atoms with van der Waals surface area (Å²) in [6.07, 6.45) is 0. The lowest BCUT2D eigenvalue weighted by Gasteiger charge is -2.26. The third-order valence-corrected chi connectivity index (χ3v) is 6.47. The molecule has 2 heterocycles. The van der Waals surface area contributed by atoms with E-state index in [4.69, 9.17) is 9.47 Å². The largest absolute Gasteiger partial charge is 0.486 e. The van der Waals surface area contributed by atoms with E-state index in [2.05, 4.69) is 5.32 Å². The smallest absolute Gasteiger partial charge is 0.325 e. The molecule has 2 aliphatic rings. The molecule has 184 valence electrons. The average molecular weight is 486 g/mol. The fourth-order valence-electron chi connectivity index (χ4n) is 4.47. The number of carbonyl (C=O) groups excluding carboxylic acids is 3. The normalized spacial score (nSPS) is 18.6. The Kier molecular flexibility index (Phi) is 6.33. The van der Waals surface area contributed by atoms with Gasteiger partial charge >= 0.3 is 6.03 Å². The first-order valence-electron chi connectivity index (χ1n) is 11.8. The number of hydrogen-bond donors (Lipinski definition) is 1. The number of nitrogens with zero attached hydrogens (tertiary/aromatic N) is 2. The van der Waals surface area contributed by atoms with Crippen molar-refractivity contribution in [3.8, 4) is 11.5 Å². The van der Waals surface area contributed by atoms with Crippen LogP contribution in [0.4, 0.5) is 4.79 Å². The molecular formula is C28H27N3O5. The number of fused-ring (bicyclic) bond motifs is 1. The number of amides is 4. The fraction of sp³-hybridized carbons (Fsp3) is 0.250. The first-order valence-corrected chi connectivity index (χ1v) is 11.8. The van der Waals surface area contributed by atoms with E-state index in [-0.39, 0.29) is 12.5 Å². The van der Waals surface area contributed by atoms with Crippen molar-refractivity contribution < 1.29 is 23.9 Å². The lowest BCUT2D eigenvalue weighted by atomic mass is 9.91. The number of ether oxygens (including phenoxy) is 2. The number of benzene rings is 3. The van der Waals surface area contributed by atoms with Crippen LogP contribution in [0.5, 0.6) is 11.5 Å². The summed E-state index contributed by atoms with van der Waals surface area (Å²) < 4.78 is 11.2. The van der Waals surface area contributed by atoms with E-state index in [9.17, 15) is 14.4 Å². The minimum absolute atomic E-state index is 0.322. The Labute approximate surface area is 209 Å². The topological polar surface area (TPSA) is 88.2 Å². The van der Waals surface area contributed by atoms with E-state index in [0.717, 1.165) is 16.0 Å². The molecule has 4 amide bonds. The van der Waals surface area contributed by atoms with Gasteiger partial charge in [-0.15, -0.1) is 0 Å². The van der Waals surface area contributed by atoms with Crippen molar-refractivity contribution in [1.29, 1.82) is 0 Å². The molecule has 0 saturated carbocycles. The molecule has 1 saturated heterocycles. The van der Waals surface area contributed by atoms with Crippen molar-refractivity contribution in [3.05, 3.63) is 95.6 Å². The summed E-state index contributed by atoms with van der Waals surface area (Å²) in [6, 6.07) is 23.8. The van der Waals surface area contributed by atoms with Crippen LogP contribution in [0.15, 0.2) is 78.9 Å². The van der Waals surface area contributed by atoms with E-state index < -0.39 is 17.5 Å². The van der Waals surface area contributed by atoms with Crippen molar-refractivity contribution in [2.45, 2.75) is 25.6 Å². The molecule has 8 nitrogen and oxygen atoms in total. The molecule has 0 unspecified atom stereocenters. The van der Waals surface area contributed by atoms with Crippen LogP contribution in [-0.2, 0) is 28.2 Å². The Morgan fingerprint density at radius 1 is 0.889 bits per heavy atom. The molecule has 3 aromatic rings. The first-order chi connectivity index (χ1) is 17.4. The van der Waals surface area contributed by atoms with Crippen LogP contribution in [-0.4, -0.2) is 47.4 Å². The molecule has 2 aliphatic heterocycles. The van der Waals surface area contributed by atoms with Crippen molar-refractivity contribution in [2.24, 2.45) is 0 Å². The number of rotatable bonds is 7. The zero-order valence-corrected chi connectivity index (χ0v) is 20.0. The number of imide groups is 1. The van der Waals surface area contributed by atoms with Gasteiger partial charge in [0, 0.05) is 13.1 Å². The highest BCUT2D eigenvalue weighted by Gasteiger charge is 2.50. The highest BCUT2D eigenvalue weighted by atomic mass is 16.6. The third kappa shape index (κ3) is 4.62. The van der Waals surface area contributed by atoms with Gasteiger partial charge in [-0.1, -0.05) is 66.7 Å². The Morgan fingerprint density at radius 3 is 2.08 bits per heavy atom. The molecule has 0 spiro atoms. The molecule has 36 heavy (non-hydrogen) atoms. The molecule has 5 rings (SSSR count). The molecule has 0 aromatic heterocycles. The van der Waals surface area contributed by atoms with Gasteiger partial charge in [-0.25, -0.2) is 4.79 Å². The molecule has 1 N–H and O–H groups in total. The monoisotopic (exact) mass is 485 g/mol. The molecule has 0 bridgehead atoms. The SMILES string of the molecule is C[C@@]1(c2ccc3c(c2)OCCO3)NC(=O)N(CC(=O)N(Cc2ccccc2)Cc2ccccc2)C1=O. The average Bonchev–Trinajstić information content (AvgIpc) is 3.13. The highest BCUT2D eigenvalue weighted by Crippen LogP contribution is 2.36. The maximum Gasteiger partial charge on any atom is 0.325 e. The molecule has 8 heteroatoms. The number of hydrogen-bond acceptors (Lipinski definition) is 5.